The Balaban J connectivity index is 1.74. The lowest BCUT2D eigenvalue weighted by Gasteiger charge is -2.12. The van der Waals surface area contributed by atoms with Gasteiger partial charge in [-0.2, -0.15) is 5.26 Å². The van der Waals surface area contributed by atoms with E-state index in [-0.39, 0.29) is 5.97 Å². The first-order chi connectivity index (χ1) is 13.1. The molecule has 0 aliphatic rings. The van der Waals surface area contributed by atoms with E-state index in [1.807, 2.05) is 48.5 Å². The summed E-state index contributed by atoms with van der Waals surface area (Å²) in [4.78, 5) is 11.3. The van der Waals surface area contributed by atoms with E-state index in [0.29, 0.717) is 24.4 Å². The van der Waals surface area contributed by atoms with E-state index in [1.165, 1.54) is 0 Å². The summed E-state index contributed by atoms with van der Waals surface area (Å²) in [5.41, 5.74) is 3.13. The van der Waals surface area contributed by atoms with Crippen LogP contribution < -0.4 is 4.74 Å². The van der Waals surface area contributed by atoms with Gasteiger partial charge in [0, 0.05) is 11.1 Å². The first kappa shape index (κ1) is 20.3. The summed E-state index contributed by atoms with van der Waals surface area (Å²) in [5.74, 6) is 0.523. The van der Waals surface area contributed by atoms with Crippen LogP contribution in [0.15, 0.2) is 60.7 Å². The molecule has 0 aliphatic heterocycles. The van der Waals surface area contributed by atoms with Crippen LogP contribution in [-0.4, -0.2) is 19.2 Å². The fourth-order valence-corrected chi connectivity index (χ4v) is 2.58. The average Bonchev–Trinajstić information content (AvgIpc) is 2.70. The summed E-state index contributed by atoms with van der Waals surface area (Å²) in [6.07, 6.45) is 3.80. The number of carbonyl (C=O) groups excluding carboxylic acids is 1. The quantitative estimate of drug-likeness (QED) is 0.327. The van der Waals surface area contributed by atoms with E-state index in [2.05, 4.69) is 12.6 Å². The van der Waals surface area contributed by atoms with Crippen LogP contribution in [0.1, 0.15) is 38.2 Å². The van der Waals surface area contributed by atoms with E-state index in [0.717, 1.165) is 42.6 Å². The normalized spacial score (nSPS) is 10.1. The number of nitriles is 1. The molecule has 4 heteroatoms. The molecule has 140 valence electrons. The number of rotatable bonds is 10. The number of nitrogens with zero attached hydrogens (tertiary/aromatic N) is 1. The van der Waals surface area contributed by atoms with Crippen molar-refractivity contribution in [2.45, 2.75) is 32.6 Å². The molecule has 27 heavy (non-hydrogen) atoms. The third-order valence-corrected chi connectivity index (χ3v) is 4.09. The van der Waals surface area contributed by atoms with E-state index < -0.39 is 0 Å². The molecule has 0 amide bonds. The van der Waals surface area contributed by atoms with Crippen LogP contribution >= 0.6 is 0 Å². The molecule has 4 nitrogen and oxygen atoms in total. The second-order valence-corrected chi connectivity index (χ2v) is 6.36. The zero-order valence-electron chi connectivity index (χ0n) is 15.7. The Morgan fingerprint density at radius 1 is 1.00 bits per heavy atom. The lowest BCUT2D eigenvalue weighted by molar-refractivity contribution is -0.139. The molecule has 2 rings (SSSR count). The Hall–Kier alpha value is -3.06. The molecule has 0 spiro atoms. The Bertz CT molecular complexity index is 803. The van der Waals surface area contributed by atoms with Gasteiger partial charge in [0.1, 0.15) is 5.75 Å². The lowest BCUT2D eigenvalue weighted by atomic mass is 10.0. The van der Waals surface area contributed by atoms with Crippen LogP contribution in [0, 0.1) is 11.3 Å². The fraction of sp³-hybridized carbons (Fsp3) is 0.304. The second kappa shape index (κ2) is 10.8. The minimum atomic E-state index is -0.322. The highest BCUT2D eigenvalue weighted by Gasteiger charge is 2.06. The van der Waals surface area contributed by atoms with Gasteiger partial charge < -0.3 is 9.47 Å². The zero-order valence-corrected chi connectivity index (χ0v) is 15.7. The molecule has 0 bridgehead atoms. The van der Waals surface area contributed by atoms with Crippen molar-refractivity contribution in [2.24, 2.45) is 0 Å². The van der Waals surface area contributed by atoms with Crippen LogP contribution in [-0.2, 0) is 9.53 Å². The van der Waals surface area contributed by atoms with Gasteiger partial charge in [-0.1, -0.05) is 36.9 Å². The van der Waals surface area contributed by atoms with Crippen molar-refractivity contribution in [1.82, 2.24) is 0 Å². The molecule has 0 aliphatic carbocycles. The van der Waals surface area contributed by atoms with Crippen LogP contribution in [0.3, 0.4) is 0 Å². The second-order valence-electron chi connectivity index (χ2n) is 6.36. The molecule has 0 unspecified atom stereocenters. The maximum absolute atomic E-state index is 11.3. The number of esters is 1. The van der Waals surface area contributed by atoms with Crippen molar-refractivity contribution in [3.8, 4) is 22.9 Å². The predicted octanol–water partition coefficient (Wildman–Crippen LogP) is 5.28. The summed E-state index contributed by atoms with van der Waals surface area (Å²) in [5, 5.41) is 8.92. The van der Waals surface area contributed by atoms with E-state index >= 15 is 0 Å². The highest BCUT2D eigenvalue weighted by atomic mass is 16.5. The molecule has 0 saturated heterocycles. The van der Waals surface area contributed by atoms with Gasteiger partial charge in [-0.3, -0.25) is 0 Å². The standard InChI is InChI=1S/C23H25NO3/c1-18(2)23(25)27-16-8-4-3-7-15-26-22-10-6-5-9-21(22)20-13-11-19(17-24)12-14-20/h5-6,9-14H,1,3-4,7-8,15-16H2,2H3. The molecule has 0 aromatic heterocycles. The molecule has 2 aromatic carbocycles. The highest BCUT2D eigenvalue weighted by molar-refractivity contribution is 5.86. The molecule has 0 fully saturated rings. The van der Waals surface area contributed by atoms with Crippen LogP contribution in [0.2, 0.25) is 0 Å². The number of hydrogen-bond donors (Lipinski definition) is 0. The number of para-hydroxylation sites is 1. The minimum absolute atomic E-state index is 0.322. The number of benzene rings is 2. The molecule has 0 radical (unpaired) electrons. The SMILES string of the molecule is C=C(C)C(=O)OCCCCCCOc1ccccc1-c1ccc(C#N)cc1. The summed E-state index contributed by atoms with van der Waals surface area (Å²) in [6.45, 7) is 6.28. The van der Waals surface area contributed by atoms with E-state index in [4.69, 9.17) is 14.7 Å². The van der Waals surface area contributed by atoms with Gasteiger partial charge in [-0.05, 0) is 56.4 Å². The average molecular weight is 363 g/mol. The Morgan fingerprint density at radius 2 is 1.67 bits per heavy atom. The number of unbranched alkanes of at least 4 members (excludes halogenated alkanes) is 3. The summed E-state index contributed by atoms with van der Waals surface area (Å²) in [7, 11) is 0. The van der Waals surface area contributed by atoms with Crippen LogP contribution in [0.25, 0.3) is 11.1 Å². The smallest absolute Gasteiger partial charge is 0.333 e. The topological polar surface area (TPSA) is 59.3 Å². The van der Waals surface area contributed by atoms with Crippen molar-refractivity contribution in [2.75, 3.05) is 13.2 Å². The van der Waals surface area contributed by atoms with Crippen molar-refractivity contribution < 1.29 is 14.3 Å². The van der Waals surface area contributed by atoms with Crippen molar-refractivity contribution in [3.05, 3.63) is 66.2 Å². The fourth-order valence-electron chi connectivity index (χ4n) is 2.58. The van der Waals surface area contributed by atoms with Gasteiger partial charge >= 0.3 is 5.97 Å². The van der Waals surface area contributed by atoms with Gasteiger partial charge in [0.25, 0.3) is 0 Å². The summed E-state index contributed by atoms with van der Waals surface area (Å²) < 4.78 is 11.0. The summed E-state index contributed by atoms with van der Waals surface area (Å²) in [6, 6.07) is 17.6. The van der Waals surface area contributed by atoms with Gasteiger partial charge in [-0.15, -0.1) is 0 Å². The van der Waals surface area contributed by atoms with E-state index in [9.17, 15) is 4.79 Å². The van der Waals surface area contributed by atoms with Crippen molar-refractivity contribution in [1.29, 1.82) is 5.26 Å². The molecule has 2 aromatic rings. The lowest BCUT2D eigenvalue weighted by Crippen LogP contribution is -2.06. The van der Waals surface area contributed by atoms with Gasteiger partial charge in [0.05, 0.1) is 24.8 Å². The number of carbonyl (C=O) groups is 1. The Kier molecular flexibility index (Phi) is 8.12. The molecule has 0 N–H and O–H groups in total. The van der Waals surface area contributed by atoms with Gasteiger partial charge in [0.2, 0.25) is 0 Å². The van der Waals surface area contributed by atoms with Crippen LogP contribution in [0.5, 0.6) is 5.75 Å². The first-order valence-electron chi connectivity index (χ1n) is 9.17. The molecular weight excluding hydrogens is 338 g/mol. The Labute approximate surface area is 161 Å². The van der Waals surface area contributed by atoms with E-state index in [1.54, 1.807) is 6.92 Å². The van der Waals surface area contributed by atoms with Crippen molar-refractivity contribution >= 4 is 5.97 Å². The third kappa shape index (κ3) is 6.63. The molecular formula is C23H25NO3. The minimum Gasteiger partial charge on any atom is -0.493 e. The predicted molar refractivity (Wildman–Crippen MR) is 106 cm³/mol. The Morgan fingerprint density at radius 3 is 2.33 bits per heavy atom. The summed E-state index contributed by atoms with van der Waals surface area (Å²) >= 11 is 0. The first-order valence-corrected chi connectivity index (χ1v) is 9.17. The van der Waals surface area contributed by atoms with Gasteiger partial charge in [-0.25, -0.2) is 4.79 Å². The van der Waals surface area contributed by atoms with Crippen molar-refractivity contribution in [3.63, 3.8) is 0 Å². The van der Waals surface area contributed by atoms with Gasteiger partial charge in [0.15, 0.2) is 0 Å². The highest BCUT2D eigenvalue weighted by Crippen LogP contribution is 2.30. The largest absolute Gasteiger partial charge is 0.493 e. The molecule has 0 heterocycles. The molecule has 0 atom stereocenters. The zero-order chi connectivity index (χ0) is 19.5. The van der Waals surface area contributed by atoms with Crippen LogP contribution in [0.4, 0.5) is 0 Å². The number of ether oxygens (including phenoxy) is 2. The number of hydrogen-bond acceptors (Lipinski definition) is 4. The monoisotopic (exact) mass is 363 g/mol. The maximum atomic E-state index is 11.3. The third-order valence-electron chi connectivity index (χ3n) is 4.09. The maximum Gasteiger partial charge on any atom is 0.333 e. The molecule has 0 saturated carbocycles.